The van der Waals surface area contributed by atoms with Gasteiger partial charge in [0, 0.05) is 54.6 Å². The summed E-state index contributed by atoms with van der Waals surface area (Å²) in [6.45, 7) is 1.61. The Morgan fingerprint density at radius 3 is 3.08 bits per heavy atom. The van der Waals surface area contributed by atoms with Gasteiger partial charge in [0.05, 0.1) is 6.33 Å². The molecule has 1 aliphatic rings. The Kier molecular flexibility index (Phi) is 4.07. The number of furan rings is 1. The fraction of sp³-hybridized carbons (Fsp3) is 0.368. The number of rotatable bonds is 5. The van der Waals surface area contributed by atoms with Crippen LogP contribution in [0.2, 0.25) is 0 Å². The quantitative estimate of drug-likeness (QED) is 0.575. The van der Waals surface area contributed by atoms with Gasteiger partial charge in [0.2, 0.25) is 0 Å². The maximum atomic E-state index is 10.3. The minimum Gasteiger partial charge on any atom is -0.507 e. The van der Waals surface area contributed by atoms with Crippen LogP contribution in [0.3, 0.4) is 0 Å². The summed E-state index contributed by atoms with van der Waals surface area (Å²) >= 11 is 0. The number of hydrogen-bond donors (Lipinski definition) is 1. The Balaban J connectivity index is 1.55. The largest absolute Gasteiger partial charge is 0.507 e. The molecule has 124 valence electrons. The Morgan fingerprint density at radius 1 is 1.29 bits per heavy atom. The van der Waals surface area contributed by atoms with Crippen LogP contribution in [-0.4, -0.2) is 27.4 Å². The molecule has 1 N–H and O–H groups in total. The molecule has 0 spiro atoms. The van der Waals surface area contributed by atoms with Crippen molar-refractivity contribution in [2.75, 3.05) is 6.54 Å². The first kappa shape index (κ1) is 15.0. The molecule has 0 bridgehead atoms. The second kappa shape index (κ2) is 6.51. The highest BCUT2D eigenvalue weighted by molar-refractivity contribution is 6.02. The molecule has 0 fully saturated rings. The lowest BCUT2D eigenvalue weighted by Crippen LogP contribution is -2.00. The predicted molar refractivity (Wildman–Crippen MR) is 93.8 cm³/mol. The van der Waals surface area contributed by atoms with Crippen LogP contribution in [0.5, 0.6) is 5.75 Å². The van der Waals surface area contributed by atoms with Crippen molar-refractivity contribution in [2.45, 2.75) is 38.6 Å². The standard InChI is InChI=1S/C19H21N3O2/c23-16-6-7-18-19(14-4-1-2-5-17(14)24-18)15(16)12-20-8-3-10-22-11-9-21-13-22/h6-7,9,11-13,23H,1-5,8,10H2. The Bertz CT molecular complexity index is 862. The fourth-order valence-electron chi connectivity index (χ4n) is 3.42. The summed E-state index contributed by atoms with van der Waals surface area (Å²) < 4.78 is 8.02. The van der Waals surface area contributed by atoms with E-state index < -0.39 is 0 Å². The third-order valence-electron chi connectivity index (χ3n) is 4.62. The average Bonchev–Trinajstić information content (AvgIpc) is 3.23. The van der Waals surface area contributed by atoms with Gasteiger partial charge in [-0.2, -0.15) is 0 Å². The summed E-state index contributed by atoms with van der Waals surface area (Å²) in [5, 5.41) is 11.3. The van der Waals surface area contributed by atoms with E-state index in [-0.39, 0.29) is 5.75 Å². The van der Waals surface area contributed by atoms with Gasteiger partial charge in [-0.05, 0) is 37.8 Å². The number of benzene rings is 1. The van der Waals surface area contributed by atoms with E-state index in [1.54, 1.807) is 18.5 Å². The van der Waals surface area contributed by atoms with Crippen molar-refractivity contribution in [3.05, 3.63) is 47.7 Å². The molecule has 0 unspecified atom stereocenters. The highest BCUT2D eigenvalue weighted by Crippen LogP contribution is 2.36. The molecular formula is C19H21N3O2. The van der Waals surface area contributed by atoms with Crippen LogP contribution < -0.4 is 0 Å². The topological polar surface area (TPSA) is 63.6 Å². The molecule has 1 aromatic carbocycles. The van der Waals surface area contributed by atoms with Gasteiger partial charge >= 0.3 is 0 Å². The second-order valence-corrected chi connectivity index (χ2v) is 6.27. The number of nitrogens with zero attached hydrogens (tertiary/aromatic N) is 3. The average molecular weight is 323 g/mol. The number of aliphatic imine (C=N–C) groups is 1. The molecule has 3 aromatic rings. The van der Waals surface area contributed by atoms with Gasteiger partial charge in [0.15, 0.2) is 0 Å². The van der Waals surface area contributed by atoms with Crippen molar-refractivity contribution in [3.8, 4) is 5.75 Å². The number of aromatic hydroxyl groups is 1. The first-order valence-electron chi connectivity index (χ1n) is 8.55. The van der Waals surface area contributed by atoms with Crippen molar-refractivity contribution in [2.24, 2.45) is 4.99 Å². The van der Waals surface area contributed by atoms with Gasteiger partial charge in [-0.3, -0.25) is 4.99 Å². The summed E-state index contributed by atoms with van der Waals surface area (Å²) in [4.78, 5) is 8.55. The Labute approximate surface area is 140 Å². The van der Waals surface area contributed by atoms with Gasteiger partial charge in [0.25, 0.3) is 0 Å². The van der Waals surface area contributed by atoms with Crippen LogP contribution in [0.1, 0.15) is 36.1 Å². The molecule has 5 nitrogen and oxygen atoms in total. The SMILES string of the molecule is Oc1ccc2oc3c(c2c1C=NCCCn1ccnc1)CCCC3. The minimum atomic E-state index is 0.273. The van der Waals surface area contributed by atoms with Crippen LogP contribution in [0.15, 0.2) is 40.3 Å². The number of imidazole rings is 1. The van der Waals surface area contributed by atoms with Crippen LogP contribution in [0, 0.1) is 0 Å². The van der Waals surface area contributed by atoms with Crippen molar-refractivity contribution in [3.63, 3.8) is 0 Å². The van der Waals surface area contributed by atoms with Crippen molar-refractivity contribution >= 4 is 17.2 Å². The lowest BCUT2D eigenvalue weighted by Gasteiger charge is -2.09. The zero-order valence-corrected chi connectivity index (χ0v) is 13.6. The first-order valence-corrected chi connectivity index (χ1v) is 8.55. The highest BCUT2D eigenvalue weighted by Gasteiger charge is 2.20. The van der Waals surface area contributed by atoms with E-state index in [0.717, 1.165) is 48.1 Å². The van der Waals surface area contributed by atoms with Crippen LogP contribution >= 0.6 is 0 Å². The second-order valence-electron chi connectivity index (χ2n) is 6.27. The Hall–Kier alpha value is -2.56. The third-order valence-corrected chi connectivity index (χ3v) is 4.62. The van der Waals surface area contributed by atoms with Crippen LogP contribution in [0.4, 0.5) is 0 Å². The number of aromatic nitrogens is 2. The van der Waals surface area contributed by atoms with Crippen molar-refractivity contribution in [1.29, 1.82) is 0 Å². The molecule has 0 saturated heterocycles. The van der Waals surface area contributed by atoms with Gasteiger partial charge in [0.1, 0.15) is 17.1 Å². The maximum Gasteiger partial charge on any atom is 0.135 e. The monoisotopic (exact) mass is 323 g/mol. The summed E-state index contributed by atoms with van der Waals surface area (Å²) in [6.07, 6.45) is 12.7. The number of fused-ring (bicyclic) bond motifs is 3. The van der Waals surface area contributed by atoms with E-state index in [1.807, 2.05) is 23.2 Å². The van der Waals surface area contributed by atoms with E-state index in [2.05, 4.69) is 9.98 Å². The molecule has 0 atom stereocenters. The molecular weight excluding hydrogens is 302 g/mol. The smallest absolute Gasteiger partial charge is 0.135 e. The van der Waals surface area contributed by atoms with Crippen molar-refractivity contribution in [1.82, 2.24) is 9.55 Å². The number of phenolic OH excluding ortho intramolecular Hbond substituents is 1. The molecule has 5 heteroatoms. The van der Waals surface area contributed by atoms with E-state index in [4.69, 9.17) is 4.42 Å². The Morgan fingerprint density at radius 2 is 2.21 bits per heavy atom. The number of hydrogen-bond acceptors (Lipinski definition) is 4. The predicted octanol–water partition coefficient (Wildman–Crippen LogP) is 3.72. The molecule has 24 heavy (non-hydrogen) atoms. The van der Waals surface area contributed by atoms with Gasteiger partial charge in [-0.15, -0.1) is 0 Å². The highest BCUT2D eigenvalue weighted by atomic mass is 16.3. The first-order chi connectivity index (χ1) is 11.8. The zero-order valence-electron chi connectivity index (χ0n) is 13.6. The normalized spacial score (nSPS) is 14.5. The van der Waals surface area contributed by atoms with E-state index in [9.17, 15) is 5.11 Å². The summed E-state index contributed by atoms with van der Waals surface area (Å²) in [7, 11) is 0. The molecule has 2 heterocycles. The molecule has 2 aromatic heterocycles. The van der Waals surface area contributed by atoms with E-state index in [1.165, 1.54) is 18.4 Å². The van der Waals surface area contributed by atoms with Crippen LogP contribution in [-0.2, 0) is 19.4 Å². The van der Waals surface area contributed by atoms with Crippen molar-refractivity contribution < 1.29 is 9.52 Å². The lowest BCUT2D eigenvalue weighted by atomic mass is 9.94. The lowest BCUT2D eigenvalue weighted by molar-refractivity contribution is 0.474. The molecule has 0 aliphatic heterocycles. The summed E-state index contributed by atoms with van der Waals surface area (Å²) in [5.41, 5.74) is 2.91. The van der Waals surface area contributed by atoms with Gasteiger partial charge < -0.3 is 14.1 Å². The fourth-order valence-corrected chi connectivity index (χ4v) is 3.42. The maximum absolute atomic E-state index is 10.3. The van der Waals surface area contributed by atoms with E-state index in [0.29, 0.717) is 6.54 Å². The van der Waals surface area contributed by atoms with E-state index >= 15 is 0 Å². The molecule has 0 amide bonds. The minimum absolute atomic E-state index is 0.273. The molecule has 4 rings (SSSR count). The summed E-state index contributed by atoms with van der Waals surface area (Å²) in [5.74, 6) is 1.35. The zero-order chi connectivity index (χ0) is 16.4. The summed E-state index contributed by atoms with van der Waals surface area (Å²) in [6, 6.07) is 3.56. The van der Waals surface area contributed by atoms with Crippen LogP contribution in [0.25, 0.3) is 11.0 Å². The number of phenols is 1. The van der Waals surface area contributed by atoms with Gasteiger partial charge in [-0.1, -0.05) is 0 Å². The third kappa shape index (κ3) is 2.82. The van der Waals surface area contributed by atoms with Gasteiger partial charge in [-0.25, -0.2) is 4.98 Å². The molecule has 0 radical (unpaired) electrons. The number of aryl methyl sites for hydroxylation is 3. The molecule has 0 saturated carbocycles. The molecule has 1 aliphatic carbocycles.